The molecule has 0 spiro atoms. The first-order valence-electron chi connectivity index (χ1n) is 6.61. The van der Waals surface area contributed by atoms with E-state index in [1.165, 1.54) is 10.0 Å². The molecule has 0 fully saturated rings. The van der Waals surface area contributed by atoms with Crippen molar-refractivity contribution in [3.63, 3.8) is 0 Å². The van der Waals surface area contributed by atoms with Crippen molar-refractivity contribution in [2.75, 3.05) is 6.61 Å². The molecule has 0 radical (unpaired) electrons. The Morgan fingerprint density at radius 2 is 1.78 bits per heavy atom. The lowest BCUT2D eigenvalue weighted by molar-refractivity contribution is 0.282. The summed E-state index contributed by atoms with van der Waals surface area (Å²) in [4.78, 5) is 0. The van der Waals surface area contributed by atoms with E-state index >= 15 is 0 Å². The van der Waals surface area contributed by atoms with Crippen molar-refractivity contribution < 1.29 is 4.43 Å². The van der Waals surface area contributed by atoms with Crippen molar-refractivity contribution in [1.29, 1.82) is 0 Å². The fraction of sp³-hybridized carbons (Fsp3) is 0.600. The Kier molecular flexibility index (Phi) is 5.62. The monoisotopic (exact) mass is 328 g/mol. The highest BCUT2D eigenvalue weighted by atomic mass is 79.9. The van der Waals surface area contributed by atoms with Crippen LogP contribution in [0.5, 0.6) is 0 Å². The first kappa shape index (κ1) is 15.9. The predicted octanol–water partition coefficient (Wildman–Crippen LogP) is 5.40. The molecule has 3 heteroatoms. The summed E-state index contributed by atoms with van der Waals surface area (Å²) in [6.07, 6.45) is 2.17. The van der Waals surface area contributed by atoms with Crippen LogP contribution >= 0.6 is 15.9 Å². The van der Waals surface area contributed by atoms with Crippen molar-refractivity contribution in [1.82, 2.24) is 0 Å². The molecule has 0 heterocycles. The number of hydrogen-bond acceptors (Lipinski definition) is 1. The molecule has 0 aliphatic rings. The van der Waals surface area contributed by atoms with Gasteiger partial charge in [0.2, 0.25) is 0 Å². The zero-order chi connectivity index (χ0) is 13.8. The summed E-state index contributed by atoms with van der Waals surface area (Å²) in [7, 11) is -1.57. The van der Waals surface area contributed by atoms with Gasteiger partial charge in [-0.2, -0.15) is 0 Å². The quantitative estimate of drug-likeness (QED) is 0.519. The number of aryl methyl sites for hydroxylation is 1. The number of halogens is 1. The minimum absolute atomic E-state index is 0.306. The molecule has 0 atom stereocenters. The average molecular weight is 329 g/mol. The van der Waals surface area contributed by atoms with E-state index in [2.05, 4.69) is 74.1 Å². The molecule has 1 aromatic carbocycles. The Hall–Kier alpha value is -0.123. The van der Waals surface area contributed by atoms with Gasteiger partial charge in [0.15, 0.2) is 8.32 Å². The molecule has 1 aromatic rings. The standard InChI is InChI=1S/C15H25BrOSi/c1-15(2,3)18(4,5)17-12-8-10-13-9-6-7-11-14(13)16/h6-7,9,11H,8,10,12H2,1-5H3. The molecule has 0 saturated carbocycles. The minimum atomic E-state index is -1.57. The molecule has 18 heavy (non-hydrogen) atoms. The number of hydrogen-bond donors (Lipinski definition) is 0. The van der Waals surface area contributed by atoms with E-state index in [4.69, 9.17) is 4.43 Å². The Bertz CT molecular complexity index is 382. The SMILES string of the molecule is CC(C)(C)[Si](C)(C)OCCCc1ccccc1Br. The topological polar surface area (TPSA) is 9.23 Å². The van der Waals surface area contributed by atoms with Crippen LogP contribution in [-0.4, -0.2) is 14.9 Å². The highest BCUT2D eigenvalue weighted by molar-refractivity contribution is 9.10. The van der Waals surface area contributed by atoms with E-state index in [9.17, 15) is 0 Å². The van der Waals surface area contributed by atoms with Gasteiger partial charge in [-0.3, -0.25) is 0 Å². The van der Waals surface area contributed by atoms with Gasteiger partial charge in [-0.15, -0.1) is 0 Å². The molecule has 0 N–H and O–H groups in total. The lowest BCUT2D eigenvalue weighted by Crippen LogP contribution is -2.41. The summed E-state index contributed by atoms with van der Waals surface area (Å²) < 4.78 is 7.38. The van der Waals surface area contributed by atoms with Crippen molar-refractivity contribution in [2.24, 2.45) is 0 Å². The summed E-state index contributed by atoms with van der Waals surface area (Å²) in [5.74, 6) is 0. The Morgan fingerprint density at radius 3 is 2.33 bits per heavy atom. The second-order valence-corrected chi connectivity index (χ2v) is 12.0. The van der Waals surface area contributed by atoms with Crippen molar-refractivity contribution in [3.05, 3.63) is 34.3 Å². The van der Waals surface area contributed by atoms with Crippen LogP contribution in [0.1, 0.15) is 32.8 Å². The highest BCUT2D eigenvalue weighted by Crippen LogP contribution is 2.36. The van der Waals surface area contributed by atoms with Gasteiger partial charge in [0.1, 0.15) is 0 Å². The minimum Gasteiger partial charge on any atom is -0.417 e. The van der Waals surface area contributed by atoms with Gasteiger partial charge >= 0.3 is 0 Å². The molecular weight excluding hydrogens is 304 g/mol. The fourth-order valence-corrected chi connectivity index (χ4v) is 3.08. The van der Waals surface area contributed by atoms with Gasteiger partial charge in [0, 0.05) is 11.1 Å². The average Bonchev–Trinajstić information content (AvgIpc) is 2.25. The summed E-state index contributed by atoms with van der Waals surface area (Å²) >= 11 is 3.59. The van der Waals surface area contributed by atoms with E-state index in [1.807, 2.05) is 0 Å². The molecule has 0 aromatic heterocycles. The van der Waals surface area contributed by atoms with Gasteiger partial charge in [-0.1, -0.05) is 54.9 Å². The first-order chi connectivity index (χ1) is 8.24. The molecule has 0 saturated heterocycles. The first-order valence-corrected chi connectivity index (χ1v) is 10.3. The fourth-order valence-electron chi connectivity index (χ4n) is 1.51. The summed E-state index contributed by atoms with van der Waals surface area (Å²) in [5, 5.41) is 0.306. The van der Waals surface area contributed by atoms with E-state index in [0.717, 1.165) is 19.4 Å². The molecule has 0 aliphatic carbocycles. The molecule has 1 rings (SSSR count). The molecule has 0 aliphatic heterocycles. The zero-order valence-corrected chi connectivity index (χ0v) is 14.8. The van der Waals surface area contributed by atoms with Crippen LogP contribution in [-0.2, 0) is 10.8 Å². The highest BCUT2D eigenvalue weighted by Gasteiger charge is 2.36. The van der Waals surface area contributed by atoms with Crippen LogP contribution in [0.15, 0.2) is 28.7 Å². The summed E-state index contributed by atoms with van der Waals surface area (Å²) in [6, 6.07) is 8.43. The van der Waals surface area contributed by atoms with Crippen LogP contribution in [0.4, 0.5) is 0 Å². The Labute approximate surface area is 121 Å². The number of rotatable bonds is 5. The molecule has 102 valence electrons. The normalized spacial score (nSPS) is 12.8. The Morgan fingerprint density at radius 1 is 1.17 bits per heavy atom. The molecule has 1 nitrogen and oxygen atoms in total. The van der Waals surface area contributed by atoms with Crippen molar-refractivity contribution in [3.8, 4) is 0 Å². The second kappa shape index (κ2) is 6.35. The summed E-state index contributed by atoms with van der Waals surface area (Å²) in [6.45, 7) is 12.3. The van der Waals surface area contributed by atoms with Crippen LogP contribution in [0.25, 0.3) is 0 Å². The van der Waals surface area contributed by atoms with Crippen LogP contribution < -0.4 is 0 Å². The third kappa shape index (κ3) is 4.52. The lowest BCUT2D eigenvalue weighted by atomic mass is 10.1. The smallest absolute Gasteiger partial charge is 0.191 e. The lowest BCUT2D eigenvalue weighted by Gasteiger charge is -2.36. The predicted molar refractivity (Wildman–Crippen MR) is 85.6 cm³/mol. The van der Waals surface area contributed by atoms with E-state index in [-0.39, 0.29) is 0 Å². The van der Waals surface area contributed by atoms with Crippen molar-refractivity contribution in [2.45, 2.75) is 51.7 Å². The Balaban J connectivity index is 2.38. The zero-order valence-electron chi connectivity index (χ0n) is 12.2. The molecule has 0 amide bonds. The molecule has 0 unspecified atom stereocenters. The maximum Gasteiger partial charge on any atom is 0.191 e. The van der Waals surface area contributed by atoms with Gasteiger partial charge in [0.05, 0.1) is 0 Å². The van der Waals surface area contributed by atoms with Crippen LogP contribution in [0.3, 0.4) is 0 Å². The maximum atomic E-state index is 6.18. The van der Waals surface area contributed by atoms with E-state index in [0.29, 0.717) is 5.04 Å². The molecule has 0 bridgehead atoms. The number of benzene rings is 1. The van der Waals surface area contributed by atoms with Gasteiger partial charge < -0.3 is 4.43 Å². The van der Waals surface area contributed by atoms with Crippen LogP contribution in [0, 0.1) is 0 Å². The van der Waals surface area contributed by atoms with Gasteiger partial charge in [0.25, 0.3) is 0 Å². The molecular formula is C15H25BrOSi. The maximum absolute atomic E-state index is 6.18. The summed E-state index contributed by atoms with van der Waals surface area (Å²) in [5.41, 5.74) is 1.37. The van der Waals surface area contributed by atoms with Gasteiger partial charge in [-0.05, 0) is 42.6 Å². The van der Waals surface area contributed by atoms with Gasteiger partial charge in [-0.25, -0.2) is 0 Å². The van der Waals surface area contributed by atoms with E-state index in [1.54, 1.807) is 0 Å². The third-order valence-electron chi connectivity index (χ3n) is 3.82. The van der Waals surface area contributed by atoms with Crippen molar-refractivity contribution >= 4 is 24.2 Å². The third-order valence-corrected chi connectivity index (χ3v) is 9.13. The second-order valence-electron chi connectivity index (χ2n) is 6.30. The van der Waals surface area contributed by atoms with E-state index < -0.39 is 8.32 Å². The largest absolute Gasteiger partial charge is 0.417 e. The van der Waals surface area contributed by atoms with Crippen LogP contribution in [0.2, 0.25) is 18.1 Å².